The van der Waals surface area contributed by atoms with E-state index in [2.05, 4.69) is 20.6 Å². The minimum absolute atomic E-state index is 0.272. The van der Waals surface area contributed by atoms with Crippen LogP contribution in [0.15, 0.2) is 6.07 Å². The largest absolute Gasteiger partial charge is 0.396 e. The molecule has 0 radical (unpaired) electrons. The first kappa shape index (κ1) is 12.9. The van der Waals surface area contributed by atoms with E-state index in [1.165, 1.54) is 0 Å². The molecule has 1 fully saturated rings. The number of nitrogens with zero attached hydrogens (tertiary/aromatic N) is 2. The Hall–Kier alpha value is -1.56. The normalized spacial score (nSPS) is 23.7. The van der Waals surface area contributed by atoms with Gasteiger partial charge in [0.15, 0.2) is 0 Å². The third-order valence-corrected chi connectivity index (χ3v) is 3.46. The molecule has 5 N–H and O–H groups in total. The summed E-state index contributed by atoms with van der Waals surface area (Å²) in [6.07, 6.45) is 4.25. The van der Waals surface area contributed by atoms with Crippen molar-refractivity contribution in [1.29, 1.82) is 0 Å². The molecule has 0 unspecified atom stereocenters. The van der Waals surface area contributed by atoms with Crippen molar-refractivity contribution in [3.05, 3.63) is 6.07 Å². The highest BCUT2D eigenvalue weighted by atomic mass is 16.3. The number of hydrogen-bond acceptors (Lipinski definition) is 6. The van der Waals surface area contributed by atoms with E-state index >= 15 is 0 Å². The maximum Gasteiger partial charge on any atom is 0.223 e. The zero-order chi connectivity index (χ0) is 13.0. The molecular formula is C12H21N5O. The Bertz CT molecular complexity index is 390. The molecule has 1 aliphatic carbocycles. The Morgan fingerprint density at radius 2 is 1.94 bits per heavy atom. The van der Waals surface area contributed by atoms with Crippen LogP contribution in [0.1, 0.15) is 25.7 Å². The van der Waals surface area contributed by atoms with Gasteiger partial charge in [-0.2, -0.15) is 9.97 Å². The van der Waals surface area contributed by atoms with E-state index in [1.807, 2.05) is 6.07 Å². The van der Waals surface area contributed by atoms with Gasteiger partial charge in [0, 0.05) is 25.8 Å². The molecule has 1 aromatic heterocycles. The third-order valence-electron chi connectivity index (χ3n) is 3.46. The summed E-state index contributed by atoms with van der Waals surface area (Å²) in [7, 11) is 1.80. The minimum Gasteiger partial charge on any atom is -0.396 e. The van der Waals surface area contributed by atoms with Gasteiger partial charge < -0.3 is 21.5 Å². The SMILES string of the molecule is CNc1cc(NC2CCC(CO)CC2)nc(N)n1. The van der Waals surface area contributed by atoms with E-state index in [-0.39, 0.29) is 5.95 Å². The Morgan fingerprint density at radius 1 is 1.28 bits per heavy atom. The van der Waals surface area contributed by atoms with E-state index in [1.54, 1.807) is 7.05 Å². The van der Waals surface area contributed by atoms with Crippen LogP contribution in [-0.4, -0.2) is 34.8 Å². The zero-order valence-corrected chi connectivity index (χ0v) is 10.7. The Balaban J connectivity index is 1.95. The van der Waals surface area contributed by atoms with Crippen molar-refractivity contribution in [1.82, 2.24) is 9.97 Å². The van der Waals surface area contributed by atoms with Gasteiger partial charge in [-0.15, -0.1) is 0 Å². The van der Waals surface area contributed by atoms with Gasteiger partial charge in [0.2, 0.25) is 5.95 Å². The van der Waals surface area contributed by atoms with Gasteiger partial charge in [0.1, 0.15) is 11.6 Å². The van der Waals surface area contributed by atoms with Gasteiger partial charge in [0.05, 0.1) is 0 Å². The standard InChI is InChI=1S/C12H21N5O/c1-14-10-6-11(17-12(13)16-10)15-9-4-2-8(7-18)3-5-9/h6,8-9,18H,2-5,7H2,1H3,(H4,13,14,15,16,17). The maximum absolute atomic E-state index is 9.11. The van der Waals surface area contributed by atoms with Crippen LogP contribution in [0.25, 0.3) is 0 Å². The first-order valence-electron chi connectivity index (χ1n) is 6.41. The number of nitrogens with one attached hydrogen (secondary N) is 2. The molecule has 6 heteroatoms. The number of aromatic nitrogens is 2. The van der Waals surface area contributed by atoms with Crippen molar-refractivity contribution in [3.8, 4) is 0 Å². The molecule has 0 aromatic carbocycles. The molecule has 100 valence electrons. The minimum atomic E-state index is 0.272. The van der Waals surface area contributed by atoms with Crippen LogP contribution in [0.3, 0.4) is 0 Å². The molecule has 0 bridgehead atoms. The van der Waals surface area contributed by atoms with Gasteiger partial charge >= 0.3 is 0 Å². The van der Waals surface area contributed by atoms with E-state index in [0.29, 0.717) is 24.4 Å². The van der Waals surface area contributed by atoms with E-state index in [4.69, 9.17) is 10.8 Å². The highest BCUT2D eigenvalue weighted by molar-refractivity contribution is 5.51. The summed E-state index contributed by atoms with van der Waals surface area (Å²) < 4.78 is 0. The van der Waals surface area contributed by atoms with Crippen LogP contribution in [0.2, 0.25) is 0 Å². The summed E-state index contributed by atoms with van der Waals surface area (Å²) in [4.78, 5) is 8.23. The number of anilines is 3. The fourth-order valence-corrected chi connectivity index (χ4v) is 2.37. The monoisotopic (exact) mass is 251 g/mol. The molecule has 1 heterocycles. The van der Waals surface area contributed by atoms with Crippen molar-refractivity contribution in [2.75, 3.05) is 30.0 Å². The van der Waals surface area contributed by atoms with Crippen LogP contribution in [0, 0.1) is 5.92 Å². The summed E-state index contributed by atoms with van der Waals surface area (Å²) in [5.41, 5.74) is 5.65. The lowest BCUT2D eigenvalue weighted by molar-refractivity contribution is 0.185. The molecule has 1 saturated carbocycles. The summed E-state index contributed by atoms with van der Waals surface area (Å²) in [6.45, 7) is 0.303. The molecule has 1 aromatic rings. The highest BCUT2D eigenvalue weighted by Crippen LogP contribution is 2.26. The predicted octanol–water partition coefficient (Wildman–Crippen LogP) is 1.06. The molecule has 0 aliphatic heterocycles. The first-order valence-corrected chi connectivity index (χ1v) is 6.41. The summed E-state index contributed by atoms with van der Waals surface area (Å²) in [5.74, 6) is 2.22. The van der Waals surface area contributed by atoms with Crippen molar-refractivity contribution < 1.29 is 5.11 Å². The predicted molar refractivity (Wildman–Crippen MR) is 72.4 cm³/mol. The number of nitrogen functional groups attached to an aromatic ring is 1. The van der Waals surface area contributed by atoms with E-state index in [0.717, 1.165) is 31.5 Å². The average molecular weight is 251 g/mol. The lowest BCUT2D eigenvalue weighted by Gasteiger charge is -2.28. The number of rotatable bonds is 4. The molecule has 0 amide bonds. The molecule has 2 rings (SSSR count). The molecular weight excluding hydrogens is 230 g/mol. The summed E-state index contributed by atoms with van der Waals surface area (Å²) >= 11 is 0. The Kier molecular flexibility index (Phi) is 4.19. The second-order valence-electron chi connectivity index (χ2n) is 4.79. The van der Waals surface area contributed by atoms with E-state index in [9.17, 15) is 0 Å². The van der Waals surface area contributed by atoms with Gasteiger partial charge in [-0.3, -0.25) is 0 Å². The summed E-state index contributed by atoms with van der Waals surface area (Å²) in [6, 6.07) is 2.26. The van der Waals surface area contributed by atoms with E-state index < -0.39 is 0 Å². The first-order chi connectivity index (χ1) is 8.71. The number of aliphatic hydroxyl groups excluding tert-OH is 1. The molecule has 0 spiro atoms. The lowest BCUT2D eigenvalue weighted by Crippen LogP contribution is -2.27. The van der Waals surface area contributed by atoms with Crippen LogP contribution < -0.4 is 16.4 Å². The number of hydrogen-bond donors (Lipinski definition) is 4. The van der Waals surface area contributed by atoms with Gasteiger partial charge in [-0.05, 0) is 31.6 Å². The Morgan fingerprint density at radius 3 is 2.56 bits per heavy atom. The third kappa shape index (κ3) is 3.22. The molecule has 0 atom stereocenters. The fourth-order valence-electron chi connectivity index (χ4n) is 2.37. The quantitative estimate of drug-likeness (QED) is 0.639. The van der Waals surface area contributed by atoms with Gasteiger partial charge in [-0.1, -0.05) is 0 Å². The van der Waals surface area contributed by atoms with Gasteiger partial charge in [-0.25, -0.2) is 0 Å². The van der Waals surface area contributed by atoms with Crippen molar-refractivity contribution >= 4 is 17.6 Å². The van der Waals surface area contributed by atoms with Crippen molar-refractivity contribution in [3.63, 3.8) is 0 Å². The number of aliphatic hydroxyl groups is 1. The lowest BCUT2D eigenvalue weighted by atomic mass is 9.86. The molecule has 18 heavy (non-hydrogen) atoms. The topological polar surface area (TPSA) is 96.1 Å². The smallest absolute Gasteiger partial charge is 0.223 e. The van der Waals surface area contributed by atoms with Crippen LogP contribution in [0.4, 0.5) is 17.6 Å². The summed E-state index contributed by atoms with van der Waals surface area (Å²) in [5, 5.41) is 15.5. The zero-order valence-electron chi connectivity index (χ0n) is 10.7. The Labute approximate surface area is 107 Å². The number of nitrogens with two attached hydrogens (primary N) is 1. The average Bonchev–Trinajstić information content (AvgIpc) is 2.39. The second kappa shape index (κ2) is 5.86. The highest BCUT2D eigenvalue weighted by Gasteiger charge is 2.20. The van der Waals surface area contributed by atoms with Crippen LogP contribution in [0.5, 0.6) is 0 Å². The van der Waals surface area contributed by atoms with Crippen LogP contribution in [-0.2, 0) is 0 Å². The molecule has 0 saturated heterocycles. The maximum atomic E-state index is 9.11. The van der Waals surface area contributed by atoms with Crippen molar-refractivity contribution in [2.45, 2.75) is 31.7 Å². The molecule has 1 aliphatic rings. The van der Waals surface area contributed by atoms with Crippen LogP contribution >= 0.6 is 0 Å². The second-order valence-corrected chi connectivity index (χ2v) is 4.79. The molecule has 6 nitrogen and oxygen atoms in total. The van der Waals surface area contributed by atoms with Crippen molar-refractivity contribution in [2.24, 2.45) is 5.92 Å². The fraction of sp³-hybridized carbons (Fsp3) is 0.667. The van der Waals surface area contributed by atoms with Gasteiger partial charge in [0.25, 0.3) is 0 Å².